The Hall–Kier alpha value is -2.21. The molecule has 0 unspecified atom stereocenters. The maximum atomic E-state index is 11.7. The summed E-state index contributed by atoms with van der Waals surface area (Å²) in [7, 11) is 0. The predicted molar refractivity (Wildman–Crippen MR) is 68.2 cm³/mol. The molecule has 0 bridgehead atoms. The van der Waals surface area contributed by atoms with Crippen molar-refractivity contribution in [3.63, 3.8) is 0 Å². The molecule has 4 N–H and O–H groups in total. The summed E-state index contributed by atoms with van der Waals surface area (Å²) in [5.74, 6) is -0.278. The van der Waals surface area contributed by atoms with Crippen molar-refractivity contribution in [3.8, 4) is 0 Å². The Morgan fingerprint density at radius 3 is 3.06 bits per heavy atom. The van der Waals surface area contributed by atoms with Gasteiger partial charge < -0.3 is 11.1 Å². The van der Waals surface area contributed by atoms with E-state index in [1.807, 2.05) is 24.3 Å². The molecule has 0 aliphatic carbocycles. The van der Waals surface area contributed by atoms with Crippen LogP contribution >= 0.6 is 0 Å². The number of rotatable bonds is 5. The van der Waals surface area contributed by atoms with Crippen LogP contribution in [0.3, 0.4) is 0 Å². The molecule has 2 aromatic rings. The zero-order valence-corrected chi connectivity index (χ0v) is 9.89. The molecule has 0 fully saturated rings. The minimum absolute atomic E-state index is 0.266. The summed E-state index contributed by atoms with van der Waals surface area (Å²) < 4.78 is 0. The van der Waals surface area contributed by atoms with Gasteiger partial charge in [0.15, 0.2) is 5.69 Å². The van der Waals surface area contributed by atoms with Crippen molar-refractivity contribution in [1.82, 2.24) is 15.4 Å². The molecule has 1 aromatic carbocycles. The van der Waals surface area contributed by atoms with E-state index in [1.54, 1.807) is 0 Å². The second kappa shape index (κ2) is 5.92. The number of nitrogens with two attached hydrogens (primary N) is 1. The normalized spacial score (nSPS) is 10.3. The van der Waals surface area contributed by atoms with E-state index in [0.717, 1.165) is 24.1 Å². The van der Waals surface area contributed by atoms with E-state index in [0.29, 0.717) is 6.54 Å². The van der Waals surface area contributed by atoms with Crippen LogP contribution in [0.25, 0.3) is 0 Å². The molecule has 1 amide bonds. The number of carbonyl (C=O) groups is 1. The second-order valence-corrected chi connectivity index (χ2v) is 3.90. The van der Waals surface area contributed by atoms with Gasteiger partial charge in [-0.25, -0.2) is 0 Å². The number of benzene rings is 1. The zero-order valence-electron chi connectivity index (χ0n) is 9.89. The van der Waals surface area contributed by atoms with E-state index >= 15 is 0 Å². The van der Waals surface area contributed by atoms with Crippen LogP contribution in [0.1, 0.15) is 22.5 Å². The highest BCUT2D eigenvalue weighted by Gasteiger charge is 2.08. The SMILES string of the molecule is NCCCc1cccc(NC(=O)c2cn[nH]n2)c1. The number of aromatic nitrogens is 3. The minimum Gasteiger partial charge on any atom is -0.330 e. The van der Waals surface area contributed by atoms with Crippen LogP contribution in [0.4, 0.5) is 5.69 Å². The Bertz CT molecular complexity index is 509. The van der Waals surface area contributed by atoms with Gasteiger partial charge in [0.05, 0.1) is 6.20 Å². The molecule has 0 spiro atoms. The highest BCUT2D eigenvalue weighted by molar-refractivity contribution is 6.02. The van der Waals surface area contributed by atoms with Crippen molar-refractivity contribution < 1.29 is 4.79 Å². The Kier molecular flexibility index (Phi) is 4.03. The Balaban J connectivity index is 2.03. The molecule has 6 heteroatoms. The predicted octanol–water partition coefficient (Wildman–Crippen LogP) is 0.948. The summed E-state index contributed by atoms with van der Waals surface area (Å²) in [4.78, 5) is 11.7. The van der Waals surface area contributed by atoms with E-state index in [-0.39, 0.29) is 11.6 Å². The van der Waals surface area contributed by atoms with Crippen molar-refractivity contribution in [2.45, 2.75) is 12.8 Å². The molecule has 0 atom stereocenters. The average Bonchev–Trinajstić information content (AvgIpc) is 2.91. The second-order valence-electron chi connectivity index (χ2n) is 3.90. The zero-order chi connectivity index (χ0) is 12.8. The summed E-state index contributed by atoms with van der Waals surface area (Å²) in [5.41, 5.74) is 7.64. The fourth-order valence-electron chi connectivity index (χ4n) is 1.62. The Morgan fingerprint density at radius 1 is 1.44 bits per heavy atom. The Morgan fingerprint density at radius 2 is 2.33 bits per heavy atom. The van der Waals surface area contributed by atoms with Gasteiger partial charge in [-0.15, -0.1) is 0 Å². The third-order valence-electron chi connectivity index (χ3n) is 2.50. The monoisotopic (exact) mass is 245 g/mol. The number of amides is 1. The number of anilines is 1. The first-order valence-corrected chi connectivity index (χ1v) is 5.75. The molecule has 2 rings (SSSR count). The molecule has 94 valence electrons. The summed E-state index contributed by atoms with van der Waals surface area (Å²) in [6, 6.07) is 7.70. The van der Waals surface area contributed by atoms with Crippen molar-refractivity contribution >= 4 is 11.6 Å². The van der Waals surface area contributed by atoms with Crippen molar-refractivity contribution in [1.29, 1.82) is 0 Å². The largest absolute Gasteiger partial charge is 0.330 e. The number of aromatic amines is 1. The number of aryl methyl sites for hydroxylation is 1. The van der Waals surface area contributed by atoms with E-state index in [1.165, 1.54) is 6.20 Å². The smallest absolute Gasteiger partial charge is 0.277 e. The van der Waals surface area contributed by atoms with Crippen LogP contribution < -0.4 is 11.1 Å². The standard InChI is InChI=1S/C12H15N5O/c13-6-2-4-9-3-1-5-10(7-9)15-12(18)11-8-14-17-16-11/h1,3,5,7-8H,2,4,6,13H2,(H,15,18)(H,14,16,17). The molecule has 0 saturated carbocycles. The van der Waals surface area contributed by atoms with E-state index < -0.39 is 0 Å². The maximum Gasteiger partial charge on any atom is 0.277 e. The van der Waals surface area contributed by atoms with Gasteiger partial charge in [0.2, 0.25) is 0 Å². The van der Waals surface area contributed by atoms with Gasteiger partial charge in [0.1, 0.15) is 0 Å². The molecule has 0 aliphatic heterocycles. The maximum absolute atomic E-state index is 11.7. The fraction of sp³-hybridized carbons (Fsp3) is 0.250. The first-order chi connectivity index (χ1) is 8.79. The number of H-pyrrole nitrogens is 1. The molecular weight excluding hydrogens is 230 g/mol. The molecule has 1 aromatic heterocycles. The first kappa shape index (κ1) is 12.3. The molecular formula is C12H15N5O. The lowest BCUT2D eigenvalue weighted by Gasteiger charge is -2.05. The van der Waals surface area contributed by atoms with Crippen LogP contribution in [-0.2, 0) is 6.42 Å². The van der Waals surface area contributed by atoms with Gasteiger partial charge in [-0.1, -0.05) is 12.1 Å². The van der Waals surface area contributed by atoms with Crippen LogP contribution in [0.5, 0.6) is 0 Å². The highest BCUT2D eigenvalue weighted by Crippen LogP contribution is 2.12. The molecule has 6 nitrogen and oxygen atoms in total. The summed E-state index contributed by atoms with van der Waals surface area (Å²) in [5, 5.41) is 12.5. The average molecular weight is 245 g/mol. The van der Waals surface area contributed by atoms with Crippen LogP contribution in [-0.4, -0.2) is 27.9 Å². The lowest BCUT2D eigenvalue weighted by molar-refractivity contribution is 0.102. The van der Waals surface area contributed by atoms with Gasteiger partial charge in [-0.3, -0.25) is 4.79 Å². The number of carbonyl (C=O) groups excluding carboxylic acids is 1. The van der Waals surface area contributed by atoms with Crippen molar-refractivity contribution in [2.75, 3.05) is 11.9 Å². The molecule has 18 heavy (non-hydrogen) atoms. The minimum atomic E-state index is -0.278. The number of hydrogen-bond acceptors (Lipinski definition) is 4. The summed E-state index contributed by atoms with van der Waals surface area (Å²) in [6.45, 7) is 0.662. The molecule has 1 heterocycles. The van der Waals surface area contributed by atoms with Crippen LogP contribution in [0, 0.1) is 0 Å². The quantitative estimate of drug-likeness (QED) is 0.730. The van der Waals surface area contributed by atoms with Gasteiger partial charge >= 0.3 is 0 Å². The topological polar surface area (TPSA) is 96.7 Å². The fourth-order valence-corrected chi connectivity index (χ4v) is 1.62. The van der Waals surface area contributed by atoms with Gasteiger partial charge in [-0.2, -0.15) is 15.4 Å². The van der Waals surface area contributed by atoms with Gasteiger partial charge in [0.25, 0.3) is 5.91 Å². The Labute approximate surface area is 105 Å². The van der Waals surface area contributed by atoms with Crippen molar-refractivity contribution in [2.24, 2.45) is 5.73 Å². The summed E-state index contributed by atoms with van der Waals surface area (Å²) in [6.07, 6.45) is 3.22. The van der Waals surface area contributed by atoms with Crippen LogP contribution in [0.2, 0.25) is 0 Å². The van der Waals surface area contributed by atoms with Gasteiger partial charge in [0, 0.05) is 5.69 Å². The first-order valence-electron chi connectivity index (χ1n) is 5.75. The third kappa shape index (κ3) is 3.14. The third-order valence-corrected chi connectivity index (χ3v) is 2.50. The number of nitrogens with one attached hydrogen (secondary N) is 2. The molecule has 0 saturated heterocycles. The van der Waals surface area contributed by atoms with E-state index in [2.05, 4.69) is 20.7 Å². The summed E-state index contributed by atoms with van der Waals surface area (Å²) >= 11 is 0. The highest BCUT2D eigenvalue weighted by atomic mass is 16.2. The molecule has 0 aliphatic rings. The van der Waals surface area contributed by atoms with Crippen LogP contribution in [0.15, 0.2) is 30.5 Å². The lowest BCUT2D eigenvalue weighted by atomic mass is 10.1. The van der Waals surface area contributed by atoms with E-state index in [9.17, 15) is 4.79 Å². The van der Waals surface area contributed by atoms with Crippen molar-refractivity contribution in [3.05, 3.63) is 41.7 Å². The van der Waals surface area contributed by atoms with E-state index in [4.69, 9.17) is 5.73 Å². The molecule has 0 radical (unpaired) electrons. The van der Waals surface area contributed by atoms with Gasteiger partial charge in [-0.05, 0) is 37.1 Å². The number of nitrogens with zero attached hydrogens (tertiary/aromatic N) is 2. The number of hydrogen-bond donors (Lipinski definition) is 3. The lowest BCUT2D eigenvalue weighted by Crippen LogP contribution is -2.12.